The van der Waals surface area contributed by atoms with Gasteiger partial charge in [0.1, 0.15) is 0 Å². The van der Waals surface area contributed by atoms with Crippen molar-refractivity contribution in [2.45, 2.75) is 49.7 Å². The molecule has 0 spiro atoms. The van der Waals surface area contributed by atoms with Crippen LogP contribution in [0.15, 0.2) is 22.7 Å². The number of nitrogens with one attached hydrogen (secondary N) is 1. The molecule has 21 heavy (non-hydrogen) atoms. The quantitative estimate of drug-likeness (QED) is 0.831. The van der Waals surface area contributed by atoms with E-state index in [-0.39, 0.29) is 11.2 Å². The molecule has 1 fully saturated rings. The normalized spacial score (nSPS) is 15.9. The summed E-state index contributed by atoms with van der Waals surface area (Å²) in [5.74, 6) is 0.968. The highest BCUT2D eigenvalue weighted by Gasteiger charge is 2.27. The number of aromatic nitrogens is 3. The van der Waals surface area contributed by atoms with Gasteiger partial charge in [-0.25, -0.2) is 0 Å². The lowest BCUT2D eigenvalue weighted by molar-refractivity contribution is -0.120. The third-order valence-electron chi connectivity index (χ3n) is 3.35. The number of thioether (sulfide) groups is 1. The lowest BCUT2D eigenvalue weighted by Gasteiger charge is -2.12. The van der Waals surface area contributed by atoms with E-state index in [2.05, 4.69) is 27.0 Å². The van der Waals surface area contributed by atoms with Crippen LogP contribution in [0.3, 0.4) is 0 Å². The second kappa shape index (κ2) is 6.19. The van der Waals surface area contributed by atoms with Crippen molar-refractivity contribution < 1.29 is 4.79 Å². The van der Waals surface area contributed by atoms with Crippen LogP contribution in [0.5, 0.6) is 0 Å². The molecule has 1 atom stereocenters. The highest BCUT2D eigenvalue weighted by Crippen LogP contribution is 2.29. The van der Waals surface area contributed by atoms with Gasteiger partial charge in [0, 0.05) is 12.6 Å². The van der Waals surface area contributed by atoms with Gasteiger partial charge in [-0.3, -0.25) is 4.79 Å². The van der Waals surface area contributed by atoms with Gasteiger partial charge < -0.3 is 9.88 Å². The Morgan fingerprint density at radius 1 is 1.57 bits per heavy atom. The van der Waals surface area contributed by atoms with Crippen molar-refractivity contribution in [2.75, 3.05) is 0 Å². The largest absolute Gasteiger partial charge is 0.352 e. The topological polar surface area (TPSA) is 59.8 Å². The summed E-state index contributed by atoms with van der Waals surface area (Å²) < 4.78 is 2.07. The predicted molar refractivity (Wildman–Crippen MR) is 85.5 cm³/mol. The molecule has 1 unspecified atom stereocenters. The van der Waals surface area contributed by atoms with E-state index in [4.69, 9.17) is 0 Å². The van der Waals surface area contributed by atoms with Gasteiger partial charge in [-0.05, 0) is 38.1 Å². The average molecular weight is 322 g/mol. The van der Waals surface area contributed by atoms with E-state index in [9.17, 15) is 4.79 Å². The minimum absolute atomic E-state index is 0.0887. The van der Waals surface area contributed by atoms with Crippen LogP contribution in [0.25, 0.3) is 10.7 Å². The molecule has 7 heteroatoms. The minimum Gasteiger partial charge on any atom is -0.352 e. The number of thiophene rings is 1. The summed E-state index contributed by atoms with van der Waals surface area (Å²) in [6.45, 7) is 4.78. The summed E-state index contributed by atoms with van der Waals surface area (Å²) in [6.07, 6.45) is 2.22. The Morgan fingerprint density at radius 2 is 2.38 bits per heavy atom. The first-order chi connectivity index (χ1) is 10.2. The maximum atomic E-state index is 12.0. The van der Waals surface area contributed by atoms with Crippen LogP contribution < -0.4 is 5.32 Å². The van der Waals surface area contributed by atoms with E-state index in [1.54, 1.807) is 11.3 Å². The number of nitrogens with zero attached hydrogens (tertiary/aromatic N) is 3. The van der Waals surface area contributed by atoms with E-state index in [0.717, 1.165) is 35.2 Å². The lowest BCUT2D eigenvalue weighted by atomic mass is 10.4. The van der Waals surface area contributed by atoms with Crippen LogP contribution in [0, 0.1) is 0 Å². The fourth-order valence-electron chi connectivity index (χ4n) is 2.01. The summed E-state index contributed by atoms with van der Waals surface area (Å²) in [5.41, 5.74) is 0. The van der Waals surface area contributed by atoms with E-state index in [1.165, 1.54) is 11.8 Å². The number of rotatable bonds is 6. The Bertz CT molecular complexity index is 619. The molecule has 3 rings (SSSR count). The Hall–Kier alpha value is -1.34. The highest BCUT2D eigenvalue weighted by molar-refractivity contribution is 8.00. The Kier molecular flexibility index (Phi) is 4.30. The van der Waals surface area contributed by atoms with Crippen LogP contribution in [-0.4, -0.2) is 32.0 Å². The van der Waals surface area contributed by atoms with E-state index < -0.39 is 0 Å². The van der Waals surface area contributed by atoms with Crippen molar-refractivity contribution in [3.05, 3.63) is 17.5 Å². The molecule has 1 saturated carbocycles. The minimum atomic E-state index is -0.156. The number of carbonyl (C=O) groups is 1. The Labute approximate surface area is 132 Å². The van der Waals surface area contributed by atoms with Crippen LogP contribution in [0.4, 0.5) is 0 Å². The van der Waals surface area contributed by atoms with Crippen molar-refractivity contribution in [1.29, 1.82) is 0 Å². The van der Waals surface area contributed by atoms with Gasteiger partial charge in [0.15, 0.2) is 11.0 Å². The second-order valence-corrected chi connectivity index (χ2v) is 7.33. The predicted octanol–water partition coefficient (Wildman–Crippen LogP) is 2.79. The van der Waals surface area contributed by atoms with Crippen molar-refractivity contribution in [1.82, 2.24) is 20.1 Å². The number of amides is 1. The molecule has 2 aromatic rings. The smallest absolute Gasteiger partial charge is 0.233 e. The van der Waals surface area contributed by atoms with Gasteiger partial charge in [0.2, 0.25) is 5.91 Å². The molecule has 0 aliphatic heterocycles. The van der Waals surface area contributed by atoms with E-state index in [0.29, 0.717) is 6.04 Å². The molecule has 0 radical (unpaired) electrons. The molecule has 1 aliphatic carbocycles. The first-order valence-electron chi connectivity index (χ1n) is 7.13. The number of carbonyl (C=O) groups excluding carboxylic acids is 1. The SMILES string of the molecule is CCn1c(SC(C)C(=O)NC2CC2)nnc1-c1cccs1. The third kappa shape index (κ3) is 3.29. The maximum Gasteiger partial charge on any atom is 0.233 e. The Morgan fingerprint density at radius 3 is 3.00 bits per heavy atom. The molecular weight excluding hydrogens is 304 g/mol. The molecule has 1 N–H and O–H groups in total. The molecule has 1 amide bonds. The van der Waals surface area contributed by atoms with Crippen molar-refractivity contribution in [3.63, 3.8) is 0 Å². The van der Waals surface area contributed by atoms with Gasteiger partial charge in [-0.2, -0.15) is 0 Å². The zero-order valence-electron chi connectivity index (χ0n) is 12.1. The fraction of sp³-hybridized carbons (Fsp3) is 0.500. The van der Waals surface area contributed by atoms with Gasteiger partial charge in [-0.15, -0.1) is 21.5 Å². The van der Waals surface area contributed by atoms with Crippen LogP contribution >= 0.6 is 23.1 Å². The van der Waals surface area contributed by atoms with Crippen LogP contribution in [0.2, 0.25) is 0 Å². The standard InChI is InChI=1S/C14H18N4OS2/c1-3-18-12(11-5-4-8-20-11)16-17-14(18)21-9(2)13(19)15-10-6-7-10/h4-5,8-10H,3,6-7H2,1-2H3,(H,15,19). The first-order valence-corrected chi connectivity index (χ1v) is 8.89. The van der Waals surface area contributed by atoms with E-state index >= 15 is 0 Å². The zero-order chi connectivity index (χ0) is 14.8. The molecule has 0 bridgehead atoms. The van der Waals surface area contributed by atoms with Gasteiger partial charge in [0.05, 0.1) is 10.1 Å². The molecule has 112 valence electrons. The highest BCUT2D eigenvalue weighted by atomic mass is 32.2. The van der Waals surface area contributed by atoms with Crippen molar-refractivity contribution in [3.8, 4) is 10.7 Å². The van der Waals surface area contributed by atoms with Gasteiger partial charge >= 0.3 is 0 Å². The molecule has 5 nitrogen and oxygen atoms in total. The fourth-order valence-corrected chi connectivity index (χ4v) is 3.65. The summed E-state index contributed by atoms with van der Waals surface area (Å²) in [5, 5.41) is 14.3. The Balaban J connectivity index is 1.74. The van der Waals surface area contributed by atoms with Crippen molar-refractivity contribution >= 4 is 29.0 Å². The van der Waals surface area contributed by atoms with Crippen molar-refractivity contribution in [2.24, 2.45) is 0 Å². The zero-order valence-corrected chi connectivity index (χ0v) is 13.7. The van der Waals surface area contributed by atoms with Crippen LogP contribution in [-0.2, 0) is 11.3 Å². The number of hydrogen-bond acceptors (Lipinski definition) is 5. The maximum absolute atomic E-state index is 12.0. The first kappa shape index (κ1) is 14.6. The molecule has 2 aromatic heterocycles. The molecular formula is C14H18N4OS2. The van der Waals surface area contributed by atoms with Crippen LogP contribution in [0.1, 0.15) is 26.7 Å². The average Bonchev–Trinajstić information content (AvgIpc) is 2.99. The number of hydrogen-bond donors (Lipinski definition) is 1. The third-order valence-corrected chi connectivity index (χ3v) is 5.30. The molecule has 0 aromatic carbocycles. The molecule has 1 aliphatic rings. The summed E-state index contributed by atoms with van der Waals surface area (Å²) in [4.78, 5) is 13.1. The molecule has 2 heterocycles. The lowest BCUT2D eigenvalue weighted by Crippen LogP contribution is -2.32. The van der Waals surface area contributed by atoms with Gasteiger partial charge in [-0.1, -0.05) is 17.8 Å². The van der Waals surface area contributed by atoms with E-state index in [1.807, 2.05) is 24.4 Å². The summed E-state index contributed by atoms with van der Waals surface area (Å²) >= 11 is 3.12. The molecule has 0 saturated heterocycles. The second-order valence-electron chi connectivity index (χ2n) is 5.07. The van der Waals surface area contributed by atoms with Gasteiger partial charge in [0.25, 0.3) is 0 Å². The monoisotopic (exact) mass is 322 g/mol. The summed E-state index contributed by atoms with van der Waals surface area (Å²) in [6, 6.07) is 4.44. The summed E-state index contributed by atoms with van der Waals surface area (Å²) in [7, 11) is 0.